The van der Waals surface area contributed by atoms with E-state index in [-0.39, 0.29) is 31.8 Å². The molecule has 0 radical (unpaired) electrons. The SMILES string of the molecule is Cc1ccc(N2CC(C(=O)OC(C)C(=O)N(CCC#N)c3ccccc3)CC2=O)cc1. The zero-order valence-corrected chi connectivity index (χ0v) is 17.7. The molecule has 1 aliphatic rings. The van der Waals surface area contributed by atoms with Crippen LogP contribution in [0.5, 0.6) is 0 Å². The number of amides is 2. The van der Waals surface area contributed by atoms with Crippen LogP contribution in [-0.2, 0) is 19.1 Å². The summed E-state index contributed by atoms with van der Waals surface area (Å²) in [6.07, 6.45) is -0.830. The molecule has 3 rings (SSSR count). The monoisotopic (exact) mass is 419 g/mol. The minimum Gasteiger partial charge on any atom is -0.452 e. The van der Waals surface area contributed by atoms with Crippen LogP contribution >= 0.6 is 0 Å². The summed E-state index contributed by atoms with van der Waals surface area (Å²) in [5, 5.41) is 8.92. The molecule has 0 N–H and O–H groups in total. The smallest absolute Gasteiger partial charge is 0.312 e. The van der Waals surface area contributed by atoms with Crippen LogP contribution in [0.4, 0.5) is 11.4 Å². The van der Waals surface area contributed by atoms with Crippen LogP contribution in [0.15, 0.2) is 54.6 Å². The lowest BCUT2D eigenvalue weighted by Gasteiger charge is -2.25. The molecule has 31 heavy (non-hydrogen) atoms. The fourth-order valence-corrected chi connectivity index (χ4v) is 3.52. The molecule has 2 amide bonds. The van der Waals surface area contributed by atoms with E-state index in [0.717, 1.165) is 11.3 Å². The van der Waals surface area contributed by atoms with E-state index in [4.69, 9.17) is 10.00 Å². The number of anilines is 2. The van der Waals surface area contributed by atoms with Gasteiger partial charge in [-0.15, -0.1) is 0 Å². The van der Waals surface area contributed by atoms with Gasteiger partial charge in [-0.05, 0) is 38.1 Å². The number of rotatable bonds is 7. The van der Waals surface area contributed by atoms with Gasteiger partial charge in [0.15, 0.2) is 6.10 Å². The van der Waals surface area contributed by atoms with Crippen LogP contribution in [0, 0.1) is 24.2 Å². The molecule has 160 valence electrons. The summed E-state index contributed by atoms with van der Waals surface area (Å²) in [6, 6.07) is 18.5. The number of nitrogens with zero attached hydrogens (tertiary/aromatic N) is 3. The van der Waals surface area contributed by atoms with Crippen LogP contribution in [0.1, 0.15) is 25.3 Å². The van der Waals surface area contributed by atoms with Crippen molar-refractivity contribution >= 4 is 29.2 Å². The molecule has 2 aromatic carbocycles. The van der Waals surface area contributed by atoms with E-state index in [1.165, 1.54) is 11.8 Å². The van der Waals surface area contributed by atoms with Gasteiger partial charge in [-0.3, -0.25) is 14.4 Å². The van der Waals surface area contributed by atoms with E-state index in [1.807, 2.05) is 43.3 Å². The van der Waals surface area contributed by atoms with Crippen molar-refractivity contribution < 1.29 is 19.1 Å². The van der Waals surface area contributed by atoms with Gasteiger partial charge < -0.3 is 14.5 Å². The highest BCUT2D eigenvalue weighted by Crippen LogP contribution is 2.26. The maximum Gasteiger partial charge on any atom is 0.312 e. The van der Waals surface area contributed by atoms with Gasteiger partial charge in [-0.1, -0.05) is 35.9 Å². The first-order chi connectivity index (χ1) is 14.9. The lowest BCUT2D eigenvalue weighted by atomic mass is 10.1. The zero-order valence-electron chi connectivity index (χ0n) is 17.7. The zero-order chi connectivity index (χ0) is 22.4. The van der Waals surface area contributed by atoms with E-state index in [9.17, 15) is 14.4 Å². The summed E-state index contributed by atoms with van der Waals surface area (Å²) >= 11 is 0. The number of carbonyl (C=O) groups is 3. The highest BCUT2D eigenvalue weighted by atomic mass is 16.5. The first kappa shape index (κ1) is 22.0. The minimum atomic E-state index is -1.03. The summed E-state index contributed by atoms with van der Waals surface area (Å²) in [5.41, 5.74) is 2.45. The summed E-state index contributed by atoms with van der Waals surface area (Å²) in [6.45, 7) is 3.89. The average Bonchev–Trinajstić information content (AvgIpc) is 3.17. The molecule has 0 aromatic heterocycles. The Kier molecular flexibility index (Phi) is 7.03. The largest absolute Gasteiger partial charge is 0.452 e. The first-order valence-corrected chi connectivity index (χ1v) is 10.2. The quantitative estimate of drug-likeness (QED) is 0.643. The second-order valence-corrected chi connectivity index (χ2v) is 7.55. The Morgan fingerprint density at radius 3 is 2.52 bits per heavy atom. The summed E-state index contributed by atoms with van der Waals surface area (Å²) in [5.74, 6) is -1.76. The topological polar surface area (TPSA) is 90.7 Å². The molecule has 0 aliphatic carbocycles. The van der Waals surface area contributed by atoms with Crippen LogP contribution < -0.4 is 9.80 Å². The number of hydrogen-bond acceptors (Lipinski definition) is 5. The number of esters is 1. The van der Waals surface area contributed by atoms with Gasteiger partial charge in [0.05, 0.1) is 18.4 Å². The van der Waals surface area contributed by atoms with Crippen molar-refractivity contribution in [3.05, 3.63) is 60.2 Å². The molecule has 7 nitrogen and oxygen atoms in total. The molecular weight excluding hydrogens is 394 g/mol. The molecule has 1 fully saturated rings. The third-order valence-electron chi connectivity index (χ3n) is 5.23. The molecule has 2 aromatic rings. The van der Waals surface area contributed by atoms with Crippen molar-refractivity contribution in [1.29, 1.82) is 5.26 Å². The minimum absolute atomic E-state index is 0.0461. The third-order valence-corrected chi connectivity index (χ3v) is 5.23. The molecule has 7 heteroatoms. The Morgan fingerprint density at radius 2 is 1.87 bits per heavy atom. The number of nitriles is 1. The van der Waals surface area contributed by atoms with Crippen molar-refractivity contribution in [2.75, 3.05) is 22.9 Å². The van der Waals surface area contributed by atoms with Crippen LogP contribution in [0.25, 0.3) is 0 Å². The molecule has 1 saturated heterocycles. The Balaban J connectivity index is 1.65. The maximum absolute atomic E-state index is 12.9. The summed E-state index contributed by atoms with van der Waals surface area (Å²) in [7, 11) is 0. The number of para-hydroxylation sites is 1. The van der Waals surface area contributed by atoms with Gasteiger partial charge in [0, 0.05) is 30.9 Å². The van der Waals surface area contributed by atoms with E-state index in [0.29, 0.717) is 5.69 Å². The van der Waals surface area contributed by atoms with E-state index in [1.54, 1.807) is 29.2 Å². The predicted molar refractivity (Wildman–Crippen MR) is 116 cm³/mol. The first-order valence-electron chi connectivity index (χ1n) is 10.2. The fourth-order valence-electron chi connectivity index (χ4n) is 3.52. The van der Waals surface area contributed by atoms with Crippen molar-refractivity contribution in [1.82, 2.24) is 0 Å². The van der Waals surface area contributed by atoms with Gasteiger partial charge in [-0.25, -0.2) is 0 Å². The van der Waals surface area contributed by atoms with Gasteiger partial charge >= 0.3 is 5.97 Å². The number of carbonyl (C=O) groups excluding carboxylic acids is 3. The molecule has 0 spiro atoms. The normalized spacial score (nSPS) is 16.5. The fraction of sp³-hybridized carbons (Fsp3) is 0.333. The second kappa shape index (κ2) is 9.90. The molecule has 0 bridgehead atoms. The summed E-state index contributed by atoms with van der Waals surface area (Å²) < 4.78 is 5.44. The Hall–Kier alpha value is -3.66. The molecular formula is C24H25N3O4. The molecule has 2 unspecified atom stereocenters. The van der Waals surface area contributed by atoms with Crippen LogP contribution in [-0.4, -0.2) is 37.0 Å². The number of aryl methyl sites for hydroxylation is 1. The van der Waals surface area contributed by atoms with Crippen LogP contribution in [0.3, 0.4) is 0 Å². The van der Waals surface area contributed by atoms with Crippen molar-refractivity contribution in [3.8, 4) is 6.07 Å². The average molecular weight is 419 g/mol. The number of ether oxygens (including phenoxy) is 1. The number of hydrogen-bond donors (Lipinski definition) is 0. The summed E-state index contributed by atoms with van der Waals surface area (Å²) in [4.78, 5) is 41.1. The van der Waals surface area contributed by atoms with Crippen molar-refractivity contribution in [2.24, 2.45) is 5.92 Å². The van der Waals surface area contributed by atoms with E-state index in [2.05, 4.69) is 0 Å². The van der Waals surface area contributed by atoms with Gasteiger partial charge in [0.2, 0.25) is 5.91 Å². The lowest BCUT2D eigenvalue weighted by molar-refractivity contribution is -0.157. The van der Waals surface area contributed by atoms with E-state index < -0.39 is 23.9 Å². The lowest BCUT2D eigenvalue weighted by Crippen LogP contribution is -2.41. The standard InChI is InChI=1S/C24H25N3O4/c1-17-9-11-21(12-10-17)27-16-19(15-22(27)28)24(30)31-18(2)23(29)26(14-6-13-25)20-7-4-3-5-8-20/h3-5,7-12,18-19H,6,14-16H2,1-2H3. The Bertz CT molecular complexity index is 982. The van der Waals surface area contributed by atoms with Crippen molar-refractivity contribution in [2.45, 2.75) is 32.8 Å². The Morgan fingerprint density at radius 1 is 1.19 bits per heavy atom. The maximum atomic E-state index is 12.9. The van der Waals surface area contributed by atoms with Gasteiger partial charge in [0.25, 0.3) is 5.91 Å². The van der Waals surface area contributed by atoms with Crippen LogP contribution in [0.2, 0.25) is 0 Å². The molecule has 1 aliphatic heterocycles. The molecule has 0 saturated carbocycles. The highest BCUT2D eigenvalue weighted by Gasteiger charge is 2.37. The molecule has 2 atom stereocenters. The predicted octanol–water partition coefficient (Wildman–Crippen LogP) is 3.23. The number of benzene rings is 2. The second-order valence-electron chi connectivity index (χ2n) is 7.55. The Labute approximate surface area is 181 Å². The highest BCUT2D eigenvalue weighted by molar-refractivity contribution is 6.01. The third kappa shape index (κ3) is 5.28. The molecule has 1 heterocycles. The van der Waals surface area contributed by atoms with E-state index >= 15 is 0 Å². The van der Waals surface area contributed by atoms with Gasteiger partial charge in [-0.2, -0.15) is 5.26 Å². The van der Waals surface area contributed by atoms with Gasteiger partial charge in [0.1, 0.15) is 0 Å². The van der Waals surface area contributed by atoms with Crippen molar-refractivity contribution in [3.63, 3.8) is 0 Å².